The monoisotopic (exact) mass is 230 g/mol. The fraction of sp³-hybridized carbons (Fsp3) is 0.222. The number of hydrogen-bond acceptors (Lipinski definition) is 1. The van der Waals surface area contributed by atoms with Gasteiger partial charge in [0.2, 0.25) is 0 Å². The third-order valence-corrected chi connectivity index (χ3v) is 2.68. The molecule has 1 heterocycles. The van der Waals surface area contributed by atoms with E-state index in [1.807, 2.05) is 0 Å². The van der Waals surface area contributed by atoms with E-state index in [4.69, 9.17) is 23.2 Å². The molecule has 1 aliphatic rings. The van der Waals surface area contributed by atoms with Crippen LogP contribution in [0.1, 0.15) is 11.6 Å². The highest BCUT2D eigenvalue weighted by Crippen LogP contribution is 2.27. The van der Waals surface area contributed by atoms with E-state index in [1.165, 1.54) is 0 Å². The lowest BCUT2D eigenvalue weighted by Gasteiger charge is -2.11. The molecular weight excluding hydrogens is 223 g/mol. The molecule has 74 valence electrons. The van der Waals surface area contributed by atoms with Crippen LogP contribution in [0, 0.1) is 0 Å². The fourth-order valence-corrected chi connectivity index (χ4v) is 1.85. The second-order valence-electron chi connectivity index (χ2n) is 3.07. The molecule has 3 nitrogen and oxygen atoms in total. The number of amides is 2. The van der Waals surface area contributed by atoms with Crippen molar-refractivity contribution in [2.24, 2.45) is 0 Å². The first kappa shape index (κ1) is 9.62. The highest BCUT2D eigenvalue weighted by atomic mass is 35.5. The molecule has 0 aromatic heterocycles. The molecule has 0 saturated carbocycles. The zero-order chi connectivity index (χ0) is 10.1. The van der Waals surface area contributed by atoms with E-state index in [1.54, 1.807) is 18.2 Å². The molecular formula is C9H8Cl2N2O. The third kappa shape index (κ3) is 1.79. The summed E-state index contributed by atoms with van der Waals surface area (Å²) in [6, 6.07) is 4.95. The van der Waals surface area contributed by atoms with Crippen molar-refractivity contribution >= 4 is 29.2 Å². The van der Waals surface area contributed by atoms with Gasteiger partial charge < -0.3 is 10.6 Å². The molecule has 2 amide bonds. The minimum Gasteiger partial charge on any atom is -0.336 e. The van der Waals surface area contributed by atoms with Gasteiger partial charge in [-0.3, -0.25) is 0 Å². The van der Waals surface area contributed by atoms with Crippen LogP contribution in [-0.4, -0.2) is 12.6 Å². The molecule has 2 N–H and O–H groups in total. The highest BCUT2D eigenvalue weighted by Gasteiger charge is 2.23. The fourth-order valence-electron chi connectivity index (χ4n) is 1.42. The van der Waals surface area contributed by atoms with E-state index in [9.17, 15) is 4.79 Å². The zero-order valence-corrected chi connectivity index (χ0v) is 8.69. The summed E-state index contributed by atoms with van der Waals surface area (Å²) in [6.45, 7) is 0.541. The van der Waals surface area contributed by atoms with Crippen LogP contribution in [0.3, 0.4) is 0 Å². The minimum absolute atomic E-state index is 0.0892. The van der Waals surface area contributed by atoms with E-state index in [0.717, 1.165) is 5.56 Å². The van der Waals surface area contributed by atoms with Gasteiger partial charge in [-0.05, 0) is 23.8 Å². The number of rotatable bonds is 1. The van der Waals surface area contributed by atoms with Gasteiger partial charge in [-0.2, -0.15) is 0 Å². The molecule has 1 saturated heterocycles. The molecule has 1 aromatic carbocycles. The van der Waals surface area contributed by atoms with Gasteiger partial charge in [0.15, 0.2) is 0 Å². The maximum Gasteiger partial charge on any atom is 0.315 e. The van der Waals surface area contributed by atoms with Crippen molar-refractivity contribution in [3.05, 3.63) is 33.8 Å². The number of urea groups is 1. The molecule has 0 aliphatic carbocycles. The molecule has 1 fully saturated rings. The SMILES string of the molecule is O=C1NC[C@@H](c2cc(Cl)ccc2Cl)N1. The highest BCUT2D eigenvalue weighted by molar-refractivity contribution is 6.33. The van der Waals surface area contributed by atoms with Crippen molar-refractivity contribution in [1.82, 2.24) is 10.6 Å². The molecule has 0 radical (unpaired) electrons. The first-order valence-corrected chi connectivity index (χ1v) is 4.92. The van der Waals surface area contributed by atoms with Crippen LogP contribution in [0.25, 0.3) is 0 Å². The number of hydrogen-bond donors (Lipinski definition) is 2. The molecule has 1 atom stereocenters. The summed E-state index contributed by atoms with van der Waals surface area (Å²) in [5, 5.41) is 6.64. The van der Waals surface area contributed by atoms with Crippen LogP contribution in [0.4, 0.5) is 4.79 Å². The van der Waals surface area contributed by atoms with Gasteiger partial charge in [-0.25, -0.2) is 4.79 Å². The summed E-state index contributed by atoms with van der Waals surface area (Å²) in [5.74, 6) is 0. The van der Waals surface area contributed by atoms with E-state index >= 15 is 0 Å². The van der Waals surface area contributed by atoms with Gasteiger partial charge in [0.25, 0.3) is 0 Å². The van der Waals surface area contributed by atoms with Gasteiger partial charge in [-0.15, -0.1) is 0 Å². The Bertz CT molecular complexity index is 381. The standard InChI is InChI=1S/C9H8Cl2N2O/c10-5-1-2-7(11)6(3-5)8-4-12-9(14)13-8/h1-3,8H,4H2,(H2,12,13,14)/t8-/m0/s1. The Balaban J connectivity index is 2.31. The number of carbonyl (C=O) groups excluding carboxylic acids is 1. The summed E-state index contributed by atoms with van der Waals surface area (Å²) in [6.07, 6.45) is 0. The van der Waals surface area contributed by atoms with Gasteiger partial charge in [0.1, 0.15) is 0 Å². The lowest BCUT2D eigenvalue weighted by Crippen LogP contribution is -2.21. The van der Waals surface area contributed by atoms with Gasteiger partial charge in [0, 0.05) is 16.6 Å². The molecule has 0 unspecified atom stereocenters. The molecule has 0 bridgehead atoms. The lowest BCUT2D eigenvalue weighted by atomic mass is 10.1. The molecule has 2 rings (SSSR count). The van der Waals surface area contributed by atoms with Crippen LogP contribution in [0.2, 0.25) is 10.0 Å². The zero-order valence-electron chi connectivity index (χ0n) is 7.18. The van der Waals surface area contributed by atoms with Crippen LogP contribution in [0.15, 0.2) is 18.2 Å². The third-order valence-electron chi connectivity index (χ3n) is 2.11. The lowest BCUT2D eigenvalue weighted by molar-refractivity contribution is 0.247. The van der Waals surface area contributed by atoms with Crippen molar-refractivity contribution < 1.29 is 4.79 Å². The molecule has 1 aromatic rings. The van der Waals surface area contributed by atoms with Crippen LogP contribution >= 0.6 is 23.2 Å². The summed E-state index contributed by atoms with van der Waals surface area (Å²) < 4.78 is 0. The van der Waals surface area contributed by atoms with Crippen LogP contribution in [0.5, 0.6) is 0 Å². The predicted molar refractivity (Wildman–Crippen MR) is 55.7 cm³/mol. The quantitative estimate of drug-likeness (QED) is 0.765. The minimum atomic E-state index is -0.175. The van der Waals surface area contributed by atoms with Crippen LogP contribution < -0.4 is 10.6 Å². The summed E-state index contributed by atoms with van der Waals surface area (Å²) in [4.78, 5) is 10.9. The Morgan fingerprint density at radius 3 is 2.79 bits per heavy atom. The Kier molecular flexibility index (Phi) is 2.52. The van der Waals surface area contributed by atoms with Gasteiger partial charge in [-0.1, -0.05) is 23.2 Å². The topological polar surface area (TPSA) is 41.1 Å². The molecule has 0 spiro atoms. The Hall–Kier alpha value is -0.930. The van der Waals surface area contributed by atoms with Crippen molar-refractivity contribution in [3.63, 3.8) is 0 Å². The first-order chi connectivity index (χ1) is 6.66. The predicted octanol–water partition coefficient (Wildman–Crippen LogP) is 2.35. The number of halogens is 2. The summed E-state index contributed by atoms with van der Waals surface area (Å²) in [7, 11) is 0. The van der Waals surface area contributed by atoms with Crippen LogP contribution in [-0.2, 0) is 0 Å². The van der Waals surface area contributed by atoms with E-state index in [0.29, 0.717) is 16.6 Å². The Morgan fingerprint density at radius 2 is 2.14 bits per heavy atom. The van der Waals surface area contributed by atoms with Crippen molar-refractivity contribution in [1.29, 1.82) is 0 Å². The molecule has 5 heteroatoms. The molecule has 1 aliphatic heterocycles. The largest absolute Gasteiger partial charge is 0.336 e. The van der Waals surface area contributed by atoms with E-state index in [2.05, 4.69) is 10.6 Å². The van der Waals surface area contributed by atoms with Gasteiger partial charge >= 0.3 is 6.03 Å². The number of carbonyl (C=O) groups is 1. The van der Waals surface area contributed by atoms with Crippen molar-refractivity contribution in [2.75, 3.05) is 6.54 Å². The second kappa shape index (κ2) is 3.67. The average molecular weight is 231 g/mol. The Morgan fingerprint density at radius 1 is 1.36 bits per heavy atom. The normalized spacial score (nSPS) is 20.4. The van der Waals surface area contributed by atoms with Gasteiger partial charge in [0.05, 0.1) is 6.04 Å². The summed E-state index contributed by atoms with van der Waals surface area (Å²) >= 11 is 11.8. The number of benzene rings is 1. The Labute approximate surface area is 91.4 Å². The van der Waals surface area contributed by atoms with Crippen molar-refractivity contribution in [3.8, 4) is 0 Å². The van der Waals surface area contributed by atoms with E-state index in [-0.39, 0.29) is 12.1 Å². The maximum atomic E-state index is 10.9. The first-order valence-electron chi connectivity index (χ1n) is 4.16. The smallest absolute Gasteiger partial charge is 0.315 e. The average Bonchev–Trinajstić information content (AvgIpc) is 2.56. The van der Waals surface area contributed by atoms with E-state index < -0.39 is 0 Å². The number of nitrogens with one attached hydrogen (secondary N) is 2. The second-order valence-corrected chi connectivity index (χ2v) is 3.92. The van der Waals surface area contributed by atoms with Crippen molar-refractivity contribution in [2.45, 2.75) is 6.04 Å². The molecule has 14 heavy (non-hydrogen) atoms. The summed E-state index contributed by atoms with van der Waals surface area (Å²) in [5.41, 5.74) is 0.845. The maximum absolute atomic E-state index is 10.9.